The number of fused-ring (bicyclic) bond motifs is 1. The molecule has 4 nitrogen and oxygen atoms in total. The lowest BCUT2D eigenvalue weighted by Gasteiger charge is -2.36. The molecule has 1 aliphatic carbocycles. The van der Waals surface area contributed by atoms with Crippen LogP contribution in [-0.2, 0) is 9.53 Å². The second kappa shape index (κ2) is 14.5. The van der Waals surface area contributed by atoms with Crippen LogP contribution in [0.2, 0.25) is 5.02 Å². The highest BCUT2D eigenvalue weighted by molar-refractivity contribution is 6.33. The molecule has 2 atom stereocenters. The van der Waals surface area contributed by atoms with Crippen molar-refractivity contribution >= 4 is 28.9 Å². The molecule has 1 saturated carbocycles. The van der Waals surface area contributed by atoms with Gasteiger partial charge in [-0.25, -0.2) is 0 Å². The maximum atomic E-state index is 11.5. The molecule has 3 aromatic rings. The van der Waals surface area contributed by atoms with E-state index in [0.29, 0.717) is 11.8 Å². The van der Waals surface area contributed by atoms with Crippen LogP contribution in [0.15, 0.2) is 54.7 Å². The van der Waals surface area contributed by atoms with Crippen LogP contribution in [0.5, 0.6) is 0 Å². The molecule has 1 saturated heterocycles. The lowest BCUT2D eigenvalue weighted by atomic mass is 9.76. The van der Waals surface area contributed by atoms with Crippen LogP contribution in [-0.4, -0.2) is 43.1 Å². The van der Waals surface area contributed by atoms with E-state index in [9.17, 15) is 4.79 Å². The predicted octanol–water partition coefficient (Wildman–Crippen LogP) is 8.27. The zero-order chi connectivity index (χ0) is 25.9. The van der Waals surface area contributed by atoms with Crippen molar-refractivity contribution in [1.82, 2.24) is 9.88 Å². The van der Waals surface area contributed by atoms with E-state index in [1.807, 2.05) is 35.4 Å². The van der Waals surface area contributed by atoms with Gasteiger partial charge in [0.1, 0.15) is 0 Å². The lowest BCUT2D eigenvalue weighted by molar-refractivity contribution is -0.119. The Labute approximate surface area is 227 Å². The quantitative estimate of drug-likeness (QED) is 0.210. The van der Waals surface area contributed by atoms with Crippen molar-refractivity contribution in [2.24, 2.45) is 5.92 Å². The maximum absolute atomic E-state index is 11.5. The van der Waals surface area contributed by atoms with E-state index >= 15 is 0 Å². The maximum Gasteiger partial charge on any atom is 0.209 e. The summed E-state index contributed by atoms with van der Waals surface area (Å²) in [5.74, 6) is 0.747. The Hall–Kier alpha value is -2.43. The van der Waals surface area contributed by atoms with Gasteiger partial charge in [-0.15, -0.1) is 0 Å². The third-order valence-electron chi connectivity index (χ3n) is 7.90. The second-order valence-electron chi connectivity index (χ2n) is 10.5. The van der Waals surface area contributed by atoms with E-state index in [1.165, 1.54) is 37.7 Å². The molecule has 1 amide bonds. The average Bonchev–Trinajstić information content (AvgIpc) is 3.53. The molecule has 1 aliphatic heterocycles. The first-order chi connectivity index (χ1) is 18.2. The van der Waals surface area contributed by atoms with E-state index < -0.39 is 0 Å². The van der Waals surface area contributed by atoms with Crippen LogP contribution < -0.4 is 0 Å². The molecule has 5 rings (SSSR count). The predicted molar refractivity (Wildman–Crippen MR) is 154 cm³/mol. The monoisotopic (exact) mass is 520 g/mol. The molecule has 0 radical (unpaired) electrons. The Bertz CT molecular complexity index is 1120. The van der Waals surface area contributed by atoms with Crippen LogP contribution in [0, 0.1) is 5.92 Å². The normalized spacial score (nSPS) is 18.3. The van der Waals surface area contributed by atoms with Gasteiger partial charge in [0.2, 0.25) is 6.41 Å². The molecular weight excluding hydrogens is 480 g/mol. The van der Waals surface area contributed by atoms with Gasteiger partial charge in [-0.1, -0.05) is 80.5 Å². The Balaban J connectivity index is 0.000000572. The van der Waals surface area contributed by atoms with Crippen LogP contribution in [0.25, 0.3) is 22.0 Å². The van der Waals surface area contributed by atoms with Crippen molar-refractivity contribution in [1.29, 1.82) is 0 Å². The minimum absolute atomic E-state index is 0.328. The number of ether oxygens (including phenoxy) is 1. The molecule has 2 aromatic carbocycles. The summed E-state index contributed by atoms with van der Waals surface area (Å²) in [6.45, 7) is 2.43. The van der Waals surface area contributed by atoms with Crippen molar-refractivity contribution < 1.29 is 9.53 Å². The van der Waals surface area contributed by atoms with E-state index in [-0.39, 0.29) is 0 Å². The van der Waals surface area contributed by atoms with Gasteiger partial charge in [0, 0.05) is 54.5 Å². The number of benzene rings is 2. The lowest BCUT2D eigenvalue weighted by Crippen LogP contribution is -2.37. The molecule has 1 aromatic heterocycles. The van der Waals surface area contributed by atoms with Gasteiger partial charge in [-0.2, -0.15) is 0 Å². The smallest absolute Gasteiger partial charge is 0.209 e. The van der Waals surface area contributed by atoms with Gasteiger partial charge in [-0.3, -0.25) is 9.78 Å². The number of aromatic nitrogens is 1. The third kappa shape index (κ3) is 7.55. The number of hydrogen-bond donors (Lipinski definition) is 0. The first-order valence-corrected chi connectivity index (χ1v) is 14.4. The molecule has 0 spiro atoms. The van der Waals surface area contributed by atoms with Crippen molar-refractivity contribution in [2.45, 2.75) is 70.1 Å². The second-order valence-corrected chi connectivity index (χ2v) is 10.9. The molecule has 2 unspecified atom stereocenters. The van der Waals surface area contributed by atoms with Gasteiger partial charge in [0.15, 0.2) is 0 Å². The number of piperidine rings is 1. The highest BCUT2D eigenvalue weighted by atomic mass is 35.5. The minimum atomic E-state index is 0.328. The van der Waals surface area contributed by atoms with Crippen LogP contribution >= 0.6 is 11.6 Å². The number of rotatable bonds is 9. The standard InChI is InChI=1S/C27H31ClN2O2.C5H10/c1-32-15-5-4-10-23(21-9-7-14-30(18-21)19-31)24-11-6-12-25(28)27(24)22-16-20-8-2-3-13-26(20)29-17-22;1-2-4-5-3-1/h2-3,6,8,11-13,16-17,19,21,23H,4-5,7,9-10,14-15,18H2,1H3;1-5H2. The van der Waals surface area contributed by atoms with E-state index in [0.717, 1.165) is 85.3 Å². The van der Waals surface area contributed by atoms with E-state index in [2.05, 4.69) is 24.3 Å². The largest absolute Gasteiger partial charge is 0.385 e. The zero-order valence-corrected chi connectivity index (χ0v) is 23.0. The average molecular weight is 521 g/mol. The van der Waals surface area contributed by atoms with Gasteiger partial charge in [0.05, 0.1) is 5.52 Å². The Morgan fingerprint density at radius 1 is 1.05 bits per heavy atom. The fourth-order valence-corrected chi connectivity index (χ4v) is 6.26. The van der Waals surface area contributed by atoms with Gasteiger partial charge < -0.3 is 9.64 Å². The number of carbonyl (C=O) groups is 1. The number of hydrogen-bond acceptors (Lipinski definition) is 3. The topological polar surface area (TPSA) is 42.4 Å². The Morgan fingerprint density at radius 2 is 1.84 bits per heavy atom. The first-order valence-electron chi connectivity index (χ1n) is 14.0. The fourth-order valence-electron chi connectivity index (χ4n) is 5.97. The summed E-state index contributed by atoms with van der Waals surface area (Å²) < 4.78 is 5.28. The van der Waals surface area contributed by atoms with Crippen molar-refractivity contribution in [3.8, 4) is 11.1 Å². The number of methoxy groups -OCH3 is 1. The number of para-hydroxylation sites is 1. The molecule has 37 heavy (non-hydrogen) atoms. The summed E-state index contributed by atoms with van der Waals surface area (Å²) in [5.41, 5.74) is 4.38. The zero-order valence-electron chi connectivity index (χ0n) is 22.2. The summed E-state index contributed by atoms with van der Waals surface area (Å²) in [5, 5.41) is 1.86. The van der Waals surface area contributed by atoms with Crippen LogP contribution in [0.1, 0.15) is 75.7 Å². The van der Waals surface area contributed by atoms with Crippen molar-refractivity contribution in [3.05, 3.63) is 65.3 Å². The summed E-state index contributed by atoms with van der Waals surface area (Å²) in [7, 11) is 1.75. The molecule has 2 fully saturated rings. The Kier molecular flexibility index (Phi) is 10.8. The highest BCUT2D eigenvalue weighted by Gasteiger charge is 2.30. The molecule has 2 heterocycles. The number of pyridine rings is 1. The number of likely N-dealkylation sites (tertiary alicyclic amines) is 1. The van der Waals surface area contributed by atoms with Crippen LogP contribution in [0.3, 0.4) is 0 Å². The molecular formula is C32H41ClN2O2. The van der Waals surface area contributed by atoms with Gasteiger partial charge in [-0.05, 0) is 61.3 Å². The highest BCUT2D eigenvalue weighted by Crippen LogP contribution is 2.43. The minimum Gasteiger partial charge on any atom is -0.385 e. The van der Waals surface area contributed by atoms with E-state index in [4.69, 9.17) is 21.3 Å². The number of carbonyl (C=O) groups excluding carboxylic acids is 1. The Morgan fingerprint density at radius 3 is 2.59 bits per heavy atom. The summed E-state index contributed by atoms with van der Waals surface area (Å²) in [6, 6.07) is 16.6. The number of halogens is 1. The molecule has 5 heteroatoms. The van der Waals surface area contributed by atoms with Crippen molar-refractivity contribution in [2.75, 3.05) is 26.8 Å². The number of amides is 1. The van der Waals surface area contributed by atoms with Gasteiger partial charge in [0.25, 0.3) is 0 Å². The molecule has 0 N–H and O–H groups in total. The number of nitrogens with zero attached hydrogens (tertiary/aromatic N) is 2. The fraction of sp³-hybridized carbons (Fsp3) is 0.500. The SMILES string of the molecule is C1CCCC1.COCCCCC(c1cccc(Cl)c1-c1cnc2ccccc2c1)C1CCCN(C=O)C1. The number of unbranched alkanes of at least 4 members (excludes halogenated alkanes) is 1. The van der Waals surface area contributed by atoms with Crippen molar-refractivity contribution in [3.63, 3.8) is 0 Å². The van der Waals surface area contributed by atoms with Crippen LogP contribution in [0.4, 0.5) is 0 Å². The third-order valence-corrected chi connectivity index (χ3v) is 8.21. The molecule has 2 aliphatic rings. The summed E-state index contributed by atoms with van der Waals surface area (Å²) >= 11 is 6.82. The molecule has 0 bridgehead atoms. The summed E-state index contributed by atoms with van der Waals surface area (Å²) in [4.78, 5) is 18.1. The summed E-state index contributed by atoms with van der Waals surface area (Å²) in [6.07, 6.45) is 15.8. The van der Waals surface area contributed by atoms with E-state index in [1.54, 1.807) is 7.11 Å². The molecule has 198 valence electrons. The first kappa shape index (κ1) is 27.6. The van der Waals surface area contributed by atoms with Gasteiger partial charge >= 0.3 is 0 Å².